The van der Waals surface area contributed by atoms with Gasteiger partial charge in [0.05, 0.1) is 0 Å². The van der Waals surface area contributed by atoms with Gasteiger partial charge in [-0.3, -0.25) is 0 Å². The van der Waals surface area contributed by atoms with Crippen molar-refractivity contribution in [2.24, 2.45) is 0 Å². The van der Waals surface area contributed by atoms with Gasteiger partial charge in [-0.1, -0.05) is 12.1 Å². The number of aromatic nitrogens is 1. The third-order valence-electron chi connectivity index (χ3n) is 3.93. The van der Waals surface area contributed by atoms with Crippen LogP contribution in [0.1, 0.15) is 35.2 Å². The van der Waals surface area contributed by atoms with Crippen molar-refractivity contribution < 1.29 is 4.74 Å². The van der Waals surface area contributed by atoms with Crippen LogP contribution in [0, 0.1) is 20.8 Å². The molecule has 1 aromatic carbocycles. The monoisotopic (exact) mass is 282 g/mol. The molecule has 0 atom stereocenters. The van der Waals surface area contributed by atoms with E-state index in [1.54, 1.807) is 0 Å². The molecule has 110 valence electrons. The van der Waals surface area contributed by atoms with Gasteiger partial charge in [0, 0.05) is 24.3 Å². The number of ether oxygens (including phenoxy) is 1. The third kappa shape index (κ3) is 3.61. The molecule has 1 aliphatic carbocycles. The molecular weight excluding hydrogens is 260 g/mol. The molecule has 0 unspecified atom stereocenters. The van der Waals surface area contributed by atoms with Crippen LogP contribution in [0.15, 0.2) is 30.3 Å². The molecule has 1 saturated carbocycles. The zero-order chi connectivity index (χ0) is 14.8. The molecule has 0 radical (unpaired) electrons. The Kier molecular flexibility index (Phi) is 3.93. The number of nitrogens with one attached hydrogen (secondary N) is 1. The van der Waals surface area contributed by atoms with Crippen molar-refractivity contribution in [1.82, 2.24) is 10.3 Å². The predicted octanol–water partition coefficient (Wildman–Crippen LogP) is 4.05. The van der Waals surface area contributed by atoms with E-state index in [-0.39, 0.29) is 0 Å². The van der Waals surface area contributed by atoms with E-state index in [4.69, 9.17) is 4.74 Å². The summed E-state index contributed by atoms with van der Waals surface area (Å²) in [6.45, 7) is 7.07. The summed E-state index contributed by atoms with van der Waals surface area (Å²) in [5.41, 5.74) is 4.62. The maximum atomic E-state index is 6.00. The predicted molar refractivity (Wildman–Crippen MR) is 84.8 cm³/mol. The molecule has 3 nitrogen and oxygen atoms in total. The summed E-state index contributed by atoms with van der Waals surface area (Å²) in [7, 11) is 0. The van der Waals surface area contributed by atoms with E-state index in [0.29, 0.717) is 11.9 Å². The van der Waals surface area contributed by atoms with Crippen molar-refractivity contribution >= 4 is 0 Å². The molecule has 1 aromatic heterocycles. The lowest BCUT2D eigenvalue weighted by molar-refractivity contribution is 0.456. The molecule has 3 heteroatoms. The lowest BCUT2D eigenvalue weighted by Gasteiger charge is -2.12. The van der Waals surface area contributed by atoms with Crippen LogP contribution in [-0.4, -0.2) is 11.0 Å². The average Bonchev–Trinajstić information content (AvgIpc) is 3.25. The van der Waals surface area contributed by atoms with Crippen LogP contribution in [0.25, 0.3) is 0 Å². The minimum absolute atomic E-state index is 0.677. The second kappa shape index (κ2) is 5.86. The number of pyridine rings is 1. The SMILES string of the molecule is Cc1cc(CNC2CC2)cc(Oc2cccc(C)c2C)n1. The highest BCUT2D eigenvalue weighted by molar-refractivity contribution is 5.40. The first-order chi connectivity index (χ1) is 10.1. The van der Waals surface area contributed by atoms with Crippen molar-refractivity contribution in [2.75, 3.05) is 0 Å². The number of nitrogens with zero attached hydrogens (tertiary/aromatic N) is 1. The van der Waals surface area contributed by atoms with Gasteiger partial charge >= 0.3 is 0 Å². The topological polar surface area (TPSA) is 34.1 Å². The van der Waals surface area contributed by atoms with Crippen molar-refractivity contribution in [2.45, 2.75) is 46.2 Å². The van der Waals surface area contributed by atoms with Gasteiger partial charge in [0.1, 0.15) is 5.75 Å². The Morgan fingerprint density at radius 2 is 2.00 bits per heavy atom. The summed E-state index contributed by atoms with van der Waals surface area (Å²) in [6, 6.07) is 11.0. The van der Waals surface area contributed by atoms with Crippen LogP contribution >= 0.6 is 0 Å². The van der Waals surface area contributed by atoms with E-state index in [9.17, 15) is 0 Å². The third-order valence-corrected chi connectivity index (χ3v) is 3.93. The number of hydrogen-bond donors (Lipinski definition) is 1. The summed E-state index contributed by atoms with van der Waals surface area (Å²) < 4.78 is 6.00. The fourth-order valence-electron chi connectivity index (χ4n) is 2.36. The van der Waals surface area contributed by atoms with E-state index >= 15 is 0 Å². The van der Waals surface area contributed by atoms with Crippen LogP contribution < -0.4 is 10.1 Å². The second-order valence-electron chi connectivity index (χ2n) is 5.91. The van der Waals surface area contributed by atoms with E-state index in [1.807, 2.05) is 25.1 Å². The highest BCUT2D eigenvalue weighted by Gasteiger charge is 2.20. The Hall–Kier alpha value is -1.87. The summed E-state index contributed by atoms with van der Waals surface area (Å²) in [5.74, 6) is 1.56. The lowest BCUT2D eigenvalue weighted by atomic mass is 10.1. The Balaban J connectivity index is 1.78. The molecule has 0 spiro atoms. The van der Waals surface area contributed by atoms with Gasteiger partial charge in [-0.2, -0.15) is 0 Å². The fraction of sp³-hybridized carbons (Fsp3) is 0.389. The van der Waals surface area contributed by atoms with Gasteiger partial charge in [0.2, 0.25) is 5.88 Å². The van der Waals surface area contributed by atoms with E-state index in [1.165, 1.54) is 29.5 Å². The summed E-state index contributed by atoms with van der Waals surface area (Å²) in [5, 5.41) is 3.53. The van der Waals surface area contributed by atoms with E-state index in [0.717, 1.165) is 18.0 Å². The van der Waals surface area contributed by atoms with Crippen LogP contribution in [-0.2, 0) is 6.54 Å². The Bertz CT molecular complexity index is 648. The Morgan fingerprint density at radius 3 is 2.76 bits per heavy atom. The molecule has 2 aromatic rings. The minimum atomic E-state index is 0.677. The highest BCUT2D eigenvalue weighted by Crippen LogP contribution is 2.27. The number of aryl methyl sites for hydroxylation is 2. The summed E-state index contributed by atoms with van der Waals surface area (Å²) >= 11 is 0. The molecule has 1 aliphatic rings. The average molecular weight is 282 g/mol. The number of benzene rings is 1. The second-order valence-corrected chi connectivity index (χ2v) is 5.91. The molecule has 0 saturated heterocycles. The maximum absolute atomic E-state index is 6.00. The summed E-state index contributed by atoms with van der Waals surface area (Å²) in [4.78, 5) is 4.49. The van der Waals surface area contributed by atoms with Gasteiger partial charge in [-0.05, 0) is 62.4 Å². The molecule has 1 heterocycles. The number of rotatable bonds is 5. The molecule has 0 amide bonds. The van der Waals surface area contributed by atoms with Gasteiger partial charge in [0.15, 0.2) is 0 Å². The first kappa shape index (κ1) is 14.1. The van der Waals surface area contributed by atoms with Crippen molar-refractivity contribution in [3.8, 4) is 11.6 Å². The molecule has 1 N–H and O–H groups in total. The van der Waals surface area contributed by atoms with Crippen molar-refractivity contribution in [3.63, 3.8) is 0 Å². The van der Waals surface area contributed by atoms with Crippen LogP contribution in [0.2, 0.25) is 0 Å². The Labute approximate surface area is 126 Å². The van der Waals surface area contributed by atoms with Gasteiger partial charge in [0.25, 0.3) is 0 Å². The first-order valence-corrected chi connectivity index (χ1v) is 7.57. The summed E-state index contributed by atoms with van der Waals surface area (Å²) in [6.07, 6.45) is 2.60. The van der Waals surface area contributed by atoms with Crippen LogP contribution in [0.5, 0.6) is 11.6 Å². The molecule has 1 fully saturated rings. The Morgan fingerprint density at radius 1 is 1.19 bits per heavy atom. The van der Waals surface area contributed by atoms with Gasteiger partial charge < -0.3 is 10.1 Å². The van der Waals surface area contributed by atoms with Crippen LogP contribution in [0.3, 0.4) is 0 Å². The first-order valence-electron chi connectivity index (χ1n) is 7.57. The maximum Gasteiger partial charge on any atom is 0.219 e. The normalized spacial score (nSPS) is 14.2. The molecule has 21 heavy (non-hydrogen) atoms. The minimum Gasteiger partial charge on any atom is -0.439 e. The molecular formula is C18H22N2O. The zero-order valence-corrected chi connectivity index (χ0v) is 12.9. The largest absolute Gasteiger partial charge is 0.439 e. The smallest absolute Gasteiger partial charge is 0.219 e. The van der Waals surface area contributed by atoms with Crippen molar-refractivity contribution in [1.29, 1.82) is 0 Å². The zero-order valence-electron chi connectivity index (χ0n) is 12.9. The fourth-order valence-corrected chi connectivity index (χ4v) is 2.36. The van der Waals surface area contributed by atoms with Crippen molar-refractivity contribution in [3.05, 3.63) is 52.7 Å². The van der Waals surface area contributed by atoms with E-state index in [2.05, 4.69) is 36.3 Å². The highest BCUT2D eigenvalue weighted by atomic mass is 16.5. The molecule has 3 rings (SSSR count). The standard InChI is InChI=1S/C18H22N2O/c1-12-5-4-6-17(14(12)3)21-18-10-15(9-13(2)20-18)11-19-16-7-8-16/h4-6,9-10,16,19H,7-8,11H2,1-3H3. The van der Waals surface area contributed by atoms with E-state index < -0.39 is 0 Å². The molecule has 0 aliphatic heterocycles. The molecule has 0 bridgehead atoms. The number of hydrogen-bond acceptors (Lipinski definition) is 3. The quantitative estimate of drug-likeness (QED) is 0.898. The van der Waals surface area contributed by atoms with Gasteiger partial charge in [-0.25, -0.2) is 4.98 Å². The van der Waals surface area contributed by atoms with Gasteiger partial charge in [-0.15, -0.1) is 0 Å². The lowest BCUT2D eigenvalue weighted by Crippen LogP contribution is -2.15. The van der Waals surface area contributed by atoms with Crippen LogP contribution in [0.4, 0.5) is 0 Å².